The van der Waals surface area contributed by atoms with Gasteiger partial charge in [-0.25, -0.2) is 9.97 Å². The molecule has 42 heavy (non-hydrogen) atoms. The molecule has 3 heterocycles. The monoisotopic (exact) mass is 553 g/mol. The molecule has 0 fully saturated rings. The molecule has 0 amide bonds. The van der Waals surface area contributed by atoms with Crippen LogP contribution in [0, 0.1) is 0 Å². The summed E-state index contributed by atoms with van der Waals surface area (Å²) in [6, 6.07) is 47.5. The van der Waals surface area contributed by atoms with Crippen LogP contribution in [0.2, 0.25) is 0 Å². The van der Waals surface area contributed by atoms with Gasteiger partial charge in [0, 0.05) is 48.1 Å². The van der Waals surface area contributed by atoms with E-state index in [4.69, 9.17) is 9.97 Å². The smallest absolute Gasteiger partial charge is 0.235 e. The van der Waals surface area contributed by atoms with E-state index < -0.39 is 0 Å². The van der Waals surface area contributed by atoms with Crippen LogP contribution in [0.4, 0.5) is 0 Å². The molecule has 3 aromatic heterocycles. The fourth-order valence-electron chi connectivity index (χ4n) is 6.35. The molecule has 0 saturated heterocycles. The maximum Gasteiger partial charge on any atom is 0.235 e. The number of thiophene rings is 1. The predicted octanol–water partition coefficient (Wildman–Crippen LogP) is 10.4. The van der Waals surface area contributed by atoms with Gasteiger partial charge in [-0.15, -0.1) is 11.3 Å². The van der Waals surface area contributed by atoms with E-state index >= 15 is 0 Å². The minimum Gasteiger partial charge on any atom is -0.277 e. The molecule has 9 aromatic rings. The first kappa shape index (κ1) is 23.4. The van der Waals surface area contributed by atoms with Crippen molar-refractivity contribution in [2.45, 2.75) is 0 Å². The average molecular weight is 554 g/mol. The highest BCUT2D eigenvalue weighted by Gasteiger charge is 2.17. The second-order valence-corrected chi connectivity index (χ2v) is 11.7. The van der Waals surface area contributed by atoms with Crippen LogP contribution in [0.1, 0.15) is 0 Å². The molecule has 0 bridgehead atoms. The fourth-order valence-corrected chi connectivity index (χ4v) is 7.59. The van der Waals surface area contributed by atoms with Gasteiger partial charge in [0.1, 0.15) is 0 Å². The molecule has 0 saturated carbocycles. The fraction of sp³-hybridized carbons (Fsp3) is 0. The third kappa shape index (κ3) is 3.46. The number of fused-ring (bicyclic) bond motifs is 8. The standard InChI is InChI=1S/C38H23N3S/c1-2-9-27-24(8-1)20-21-31-29-10-3-5-14-34(29)41(36(27)31)38-39-23-22-33(40-38)26-18-16-25(17-19-26)28-12-7-13-32-30-11-4-6-15-35(30)42-37(28)32/h1-23H. The first-order valence-corrected chi connectivity index (χ1v) is 14.9. The lowest BCUT2D eigenvalue weighted by molar-refractivity contribution is 0.994. The zero-order valence-corrected chi connectivity index (χ0v) is 23.3. The van der Waals surface area contributed by atoms with Crippen molar-refractivity contribution in [1.29, 1.82) is 0 Å². The van der Waals surface area contributed by atoms with E-state index in [1.807, 2.05) is 23.6 Å². The van der Waals surface area contributed by atoms with E-state index in [-0.39, 0.29) is 0 Å². The quantitative estimate of drug-likeness (QED) is 0.218. The van der Waals surface area contributed by atoms with Crippen molar-refractivity contribution >= 4 is 64.1 Å². The molecule has 0 aliphatic heterocycles. The van der Waals surface area contributed by atoms with Crippen molar-refractivity contribution in [2.24, 2.45) is 0 Å². The molecule has 0 aliphatic rings. The summed E-state index contributed by atoms with van der Waals surface area (Å²) < 4.78 is 4.87. The maximum atomic E-state index is 5.13. The summed E-state index contributed by atoms with van der Waals surface area (Å²) in [6.07, 6.45) is 1.87. The number of nitrogens with zero attached hydrogens (tertiary/aromatic N) is 3. The average Bonchev–Trinajstić information content (AvgIpc) is 3.61. The molecule has 0 spiro atoms. The normalized spacial score (nSPS) is 11.8. The van der Waals surface area contributed by atoms with Gasteiger partial charge in [0.2, 0.25) is 5.95 Å². The Morgan fingerprint density at radius 3 is 2.17 bits per heavy atom. The Labute approximate surface area is 246 Å². The molecule has 4 heteroatoms. The molecule has 196 valence electrons. The van der Waals surface area contributed by atoms with E-state index in [9.17, 15) is 0 Å². The molecular formula is C38H23N3S. The van der Waals surface area contributed by atoms with Crippen LogP contribution in [0.5, 0.6) is 0 Å². The summed E-state index contributed by atoms with van der Waals surface area (Å²) in [5, 5.41) is 7.44. The van der Waals surface area contributed by atoms with Crippen LogP contribution >= 0.6 is 11.3 Å². The van der Waals surface area contributed by atoms with E-state index in [0.29, 0.717) is 5.95 Å². The Morgan fingerprint density at radius 2 is 1.26 bits per heavy atom. The van der Waals surface area contributed by atoms with E-state index in [2.05, 4.69) is 132 Å². The highest BCUT2D eigenvalue weighted by molar-refractivity contribution is 7.26. The molecule has 0 aliphatic carbocycles. The third-order valence-corrected chi connectivity index (χ3v) is 9.52. The Hall–Kier alpha value is -5.32. The highest BCUT2D eigenvalue weighted by atomic mass is 32.1. The number of benzene rings is 6. The third-order valence-electron chi connectivity index (χ3n) is 8.30. The predicted molar refractivity (Wildman–Crippen MR) is 178 cm³/mol. The van der Waals surface area contributed by atoms with Crippen LogP contribution in [-0.4, -0.2) is 14.5 Å². The van der Waals surface area contributed by atoms with E-state index in [1.54, 1.807) is 0 Å². The van der Waals surface area contributed by atoms with Crippen molar-refractivity contribution in [3.8, 4) is 28.3 Å². The largest absolute Gasteiger partial charge is 0.277 e. The van der Waals surface area contributed by atoms with Gasteiger partial charge in [0.25, 0.3) is 0 Å². The molecule has 9 rings (SSSR count). The molecule has 6 aromatic carbocycles. The molecule has 0 radical (unpaired) electrons. The van der Waals surface area contributed by atoms with Crippen LogP contribution in [0.15, 0.2) is 140 Å². The van der Waals surface area contributed by atoms with Crippen molar-refractivity contribution in [1.82, 2.24) is 14.5 Å². The van der Waals surface area contributed by atoms with Gasteiger partial charge in [0.15, 0.2) is 0 Å². The molecule has 0 unspecified atom stereocenters. The van der Waals surface area contributed by atoms with Crippen LogP contribution in [0.3, 0.4) is 0 Å². The zero-order chi connectivity index (χ0) is 27.6. The molecule has 3 nitrogen and oxygen atoms in total. The minimum atomic E-state index is 0.675. The summed E-state index contributed by atoms with van der Waals surface area (Å²) in [7, 11) is 0. The number of hydrogen-bond acceptors (Lipinski definition) is 3. The highest BCUT2D eigenvalue weighted by Crippen LogP contribution is 2.40. The summed E-state index contributed by atoms with van der Waals surface area (Å²) in [5.41, 5.74) is 6.68. The van der Waals surface area contributed by atoms with Crippen LogP contribution in [0.25, 0.3) is 81.1 Å². The zero-order valence-electron chi connectivity index (χ0n) is 22.5. The Kier molecular flexibility index (Phi) is 5.07. The van der Waals surface area contributed by atoms with Crippen molar-refractivity contribution in [3.05, 3.63) is 140 Å². The van der Waals surface area contributed by atoms with Gasteiger partial charge in [-0.05, 0) is 34.7 Å². The van der Waals surface area contributed by atoms with Crippen molar-refractivity contribution in [2.75, 3.05) is 0 Å². The summed E-state index contributed by atoms with van der Waals surface area (Å²) in [5.74, 6) is 0.675. The van der Waals surface area contributed by atoms with Crippen molar-refractivity contribution < 1.29 is 0 Å². The Balaban J connectivity index is 1.18. The Bertz CT molecular complexity index is 2470. The van der Waals surface area contributed by atoms with Gasteiger partial charge in [-0.1, -0.05) is 115 Å². The van der Waals surface area contributed by atoms with E-state index in [1.165, 1.54) is 52.8 Å². The number of para-hydroxylation sites is 1. The number of rotatable bonds is 3. The second kappa shape index (κ2) is 9.10. The van der Waals surface area contributed by atoms with Gasteiger partial charge >= 0.3 is 0 Å². The van der Waals surface area contributed by atoms with Crippen LogP contribution in [-0.2, 0) is 0 Å². The van der Waals surface area contributed by atoms with E-state index in [0.717, 1.165) is 22.3 Å². The topological polar surface area (TPSA) is 30.7 Å². The van der Waals surface area contributed by atoms with Gasteiger partial charge in [0.05, 0.1) is 16.7 Å². The van der Waals surface area contributed by atoms with Crippen LogP contribution < -0.4 is 0 Å². The maximum absolute atomic E-state index is 5.13. The summed E-state index contributed by atoms with van der Waals surface area (Å²) in [4.78, 5) is 9.92. The van der Waals surface area contributed by atoms with Gasteiger partial charge in [-0.2, -0.15) is 0 Å². The summed E-state index contributed by atoms with van der Waals surface area (Å²) in [6.45, 7) is 0. The lowest BCUT2D eigenvalue weighted by atomic mass is 10.0. The second-order valence-electron chi connectivity index (χ2n) is 10.6. The summed E-state index contributed by atoms with van der Waals surface area (Å²) >= 11 is 1.86. The molecular weight excluding hydrogens is 531 g/mol. The lowest BCUT2D eigenvalue weighted by Gasteiger charge is -2.10. The molecule has 0 atom stereocenters. The molecule has 0 N–H and O–H groups in total. The first-order valence-electron chi connectivity index (χ1n) is 14.1. The number of aromatic nitrogens is 3. The number of hydrogen-bond donors (Lipinski definition) is 0. The SMILES string of the molecule is c1ccc2c(c1)ccc1c3ccccc3n(-c3nccc(-c4ccc(-c5cccc6c5sc5ccccc56)cc4)n3)c21. The van der Waals surface area contributed by atoms with Crippen molar-refractivity contribution in [3.63, 3.8) is 0 Å². The minimum absolute atomic E-state index is 0.675. The Morgan fingerprint density at radius 1 is 0.524 bits per heavy atom. The first-order chi connectivity index (χ1) is 20.8. The lowest BCUT2D eigenvalue weighted by Crippen LogP contribution is -2.02. The van der Waals surface area contributed by atoms with Gasteiger partial charge in [-0.3, -0.25) is 4.57 Å². The van der Waals surface area contributed by atoms with Gasteiger partial charge < -0.3 is 0 Å².